The van der Waals surface area contributed by atoms with E-state index in [9.17, 15) is 14.0 Å². The molecule has 2 heterocycles. The summed E-state index contributed by atoms with van der Waals surface area (Å²) in [5.74, 6) is 0.0209. The fraction of sp³-hybridized carbons (Fsp3) is 0.368. The maximum absolute atomic E-state index is 13.7. The number of hydrogen-bond acceptors (Lipinski definition) is 3. The maximum Gasteiger partial charge on any atom is 0.289 e. The minimum atomic E-state index is -0.398. The van der Waals surface area contributed by atoms with E-state index >= 15 is 0 Å². The Morgan fingerprint density at radius 1 is 1.28 bits per heavy atom. The quantitative estimate of drug-likeness (QED) is 0.929. The van der Waals surface area contributed by atoms with Gasteiger partial charge in [0, 0.05) is 25.2 Å². The summed E-state index contributed by atoms with van der Waals surface area (Å²) >= 11 is 0. The van der Waals surface area contributed by atoms with Crippen LogP contribution in [0.5, 0.6) is 0 Å². The molecule has 1 aromatic heterocycles. The molecule has 130 valence electrons. The normalized spacial score (nSPS) is 24.5. The van der Waals surface area contributed by atoms with Gasteiger partial charge in [0.15, 0.2) is 5.76 Å². The Kier molecular flexibility index (Phi) is 3.82. The van der Waals surface area contributed by atoms with E-state index in [1.165, 1.54) is 12.3 Å². The Hall–Kier alpha value is -2.63. The zero-order valence-corrected chi connectivity index (χ0v) is 13.7. The van der Waals surface area contributed by atoms with E-state index in [-0.39, 0.29) is 30.1 Å². The molecule has 2 fully saturated rings. The predicted octanol–water partition coefficient (Wildman–Crippen LogP) is 2.59. The van der Waals surface area contributed by atoms with Crippen LogP contribution in [0.3, 0.4) is 0 Å². The van der Waals surface area contributed by atoms with Gasteiger partial charge in [0.1, 0.15) is 5.82 Å². The van der Waals surface area contributed by atoms with Gasteiger partial charge in [0.25, 0.3) is 5.91 Å². The molecule has 0 bridgehead atoms. The molecule has 1 saturated carbocycles. The van der Waals surface area contributed by atoms with Crippen molar-refractivity contribution in [3.05, 3.63) is 59.8 Å². The smallest absolute Gasteiger partial charge is 0.289 e. The molecule has 6 heteroatoms. The third-order valence-corrected chi connectivity index (χ3v) is 5.37. The van der Waals surface area contributed by atoms with E-state index in [4.69, 9.17) is 4.42 Å². The summed E-state index contributed by atoms with van der Waals surface area (Å²) in [5, 5.41) is 2.86. The molecule has 25 heavy (non-hydrogen) atoms. The van der Waals surface area contributed by atoms with Crippen molar-refractivity contribution in [1.82, 2.24) is 10.2 Å². The highest BCUT2D eigenvalue weighted by Gasteiger charge is 2.62. The molecular formula is C19H19FN2O3. The largest absolute Gasteiger partial charge is 0.459 e. The molecule has 1 saturated heterocycles. The Morgan fingerprint density at radius 2 is 2.12 bits per heavy atom. The highest BCUT2D eigenvalue weighted by molar-refractivity contribution is 5.92. The number of hydrogen-bond donors (Lipinski definition) is 1. The van der Waals surface area contributed by atoms with Gasteiger partial charge in [-0.05, 0) is 37.0 Å². The monoisotopic (exact) mass is 342 g/mol. The second-order valence-corrected chi connectivity index (χ2v) is 6.81. The van der Waals surface area contributed by atoms with Gasteiger partial charge in [0.2, 0.25) is 5.91 Å². The van der Waals surface area contributed by atoms with E-state index in [1.54, 1.807) is 35.2 Å². The lowest BCUT2D eigenvalue weighted by Gasteiger charge is -2.30. The summed E-state index contributed by atoms with van der Waals surface area (Å²) in [4.78, 5) is 26.7. The number of halogens is 1. The summed E-state index contributed by atoms with van der Waals surface area (Å²) in [7, 11) is 0. The molecule has 0 radical (unpaired) electrons. The minimum absolute atomic E-state index is 0.0362. The van der Waals surface area contributed by atoms with Crippen molar-refractivity contribution in [2.45, 2.75) is 19.4 Å². The predicted molar refractivity (Wildman–Crippen MR) is 88.0 cm³/mol. The first kappa shape index (κ1) is 15.9. The lowest BCUT2D eigenvalue weighted by atomic mass is 9.93. The number of nitrogens with one attached hydrogen (secondary N) is 1. The molecule has 1 aromatic carbocycles. The standard InChI is InChI=1S/C19H19FN2O3/c20-15-5-2-1-4-13(15)11-21-18(24)19-7-8-22(12-14(19)10-19)17(23)16-6-3-9-25-16/h1-6,9,14H,7-8,10-12H2,(H,21,24). The molecule has 1 N–H and O–H groups in total. The number of nitrogens with zero attached hydrogens (tertiary/aromatic N) is 1. The van der Waals surface area contributed by atoms with E-state index < -0.39 is 5.41 Å². The second-order valence-electron chi connectivity index (χ2n) is 6.81. The molecule has 2 unspecified atom stereocenters. The first-order valence-corrected chi connectivity index (χ1v) is 8.45. The third kappa shape index (κ3) is 2.81. The molecule has 1 aliphatic carbocycles. The van der Waals surface area contributed by atoms with Crippen LogP contribution in [0.4, 0.5) is 4.39 Å². The zero-order chi connectivity index (χ0) is 17.4. The summed E-state index contributed by atoms with van der Waals surface area (Å²) < 4.78 is 18.8. The SMILES string of the molecule is O=C(c1ccco1)N1CCC2(C(=O)NCc3ccccc3F)CC2C1. The van der Waals surface area contributed by atoms with Gasteiger partial charge in [-0.2, -0.15) is 0 Å². The van der Waals surface area contributed by atoms with E-state index in [1.807, 2.05) is 0 Å². The summed E-state index contributed by atoms with van der Waals surface area (Å²) in [6, 6.07) is 9.78. The molecule has 2 aliphatic rings. The first-order valence-electron chi connectivity index (χ1n) is 8.45. The molecular weight excluding hydrogens is 323 g/mol. The fourth-order valence-electron chi connectivity index (χ4n) is 3.74. The summed E-state index contributed by atoms with van der Waals surface area (Å²) in [5.41, 5.74) is 0.0838. The Labute approximate surface area is 144 Å². The maximum atomic E-state index is 13.7. The van der Waals surface area contributed by atoms with Gasteiger partial charge in [-0.15, -0.1) is 0 Å². The Morgan fingerprint density at radius 3 is 2.84 bits per heavy atom. The van der Waals surface area contributed by atoms with E-state index in [0.717, 1.165) is 6.42 Å². The molecule has 5 nitrogen and oxygen atoms in total. The van der Waals surface area contributed by atoms with Crippen molar-refractivity contribution < 1.29 is 18.4 Å². The lowest BCUT2D eigenvalue weighted by molar-refractivity contribution is -0.128. The molecule has 2 amide bonds. The first-order chi connectivity index (χ1) is 12.1. The van der Waals surface area contributed by atoms with Crippen molar-refractivity contribution >= 4 is 11.8 Å². The van der Waals surface area contributed by atoms with Gasteiger partial charge in [0.05, 0.1) is 11.7 Å². The number of benzene rings is 1. The van der Waals surface area contributed by atoms with Crippen LogP contribution in [0.15, 0.2) is 47.1 Å². The number of piperidine rings is 1. The number of likely N-dealkylation sites (tertiary alicyclic amines) is 1. The van der Waals surface area contributed by atoms with Crippen molar-refractivity contribution in [3.8, 4) is 0 Å². The average Bonchev–Trinajstić information content (AvgIpc) is 3.12. The van der Waals surface area contributed by atoms with Crippen molar-refractivity contribution in [3.63, 3.8) is 0 Å². The molecule has 2 aromatic rings. The van der Waals surface area contributed by atoms with Crippen LogP contribution < -0.4 is 5.32 Å². The van der Waals surface area contributed by atoms with Gasteiger partial charge in [-0.1, -0.05) is 18.2 Å². The lowest BCUT2D eigenvalue weighted by Crippen LogP contribution is -2.44. The Balaban J connectivity index is 1.35. The zero-order valence-electron chi connectivity index (χ0n) is 13.7. The number of amides is 2. The summed E-state index contributed by atoms with van der Waals surface area (Å²) in [6.07, 6.45) is 2.89. The third-order valence-electron chi connectivity index (χ3n) is 5.37. The number of fused-ring (bicyclic) bond motifs is 1. The number of carbonyl (C=O) groups is 2. The topological polar surface area (TPSA) is 62.6 Å². The average molecular weight is 342 g/mol. The number of furan rings is 1. The van der Waals surface area contributed by atoms with Crippen molar-refractivity contribution in [2.75, 3.05) is 13.1 Å². The van der Waals surface area contributed by atoms with Crippen molar-refractivity contribution in [1.29, 1.82) is 0 Å². The van der Waals surface area contributed by atoms with Gasteiger partial charge in [-0.3, -0.25) is 9.59 Å². The van der Waals surface area contributed by atoms with Crippen LogP contribution in [0, 0.1) is 17.2 Å². The second kappa shape index (κ2) is 6.02. The highest BCUT2D eigenvalue weighted by atomic mass is 19.1. The van der Waals surface area contributed by atoms with Crippen LogP contribution in [0.2, 0.25) is 0 Å². The van der Waals surface area contributed by atoms with Gasteiger partial charge < -0.3 is 14.6 Å². The molecule has 4 rings (SSSR count). The van der Waals surface area contributed by atoms with Crippen LogP contribution in [-0.4, -0.2) is 29.8 Å². The van der Waals surface area contributed by atoms with Crippen molar-refractivity contribution in [2.24, 2.45) is 11.3 Å². The van der Waals surface area contributed by atoms with Gasteiger partial charge >= 0.3 is 0 Å². The number of rotatable bonds is 4. The highest BCUT2D eigenvalue weighted by Crippen LogP contribution is 2.58. The minimum Gasteiger partial charge on any atom is -0.459 e. The summed E-state index contributed by atoms with van der Waals surface area (Å²) in [6.45, 7) is 1.28. The molecule has 1 aliphatic heterocycles. The Bertz CT molecular complexity index is 805. The number of carbonyl (C=O) groups excluding carboxylic acids is 2. The fourth-order valence-corrected chi connectivity index (χ4v) is 3.74. The van der Waals surface area contributed by atoms with Crippen LogP contribution in [-0.2, 0) is 11.3 Å². The van der Waals surface area contributed by atoms with Crippen LogP contribution in [0.1, 0.15) is 29.0 Å². The van der Waals surface area contributed by atoms with Gasteiger partial charge in [-0.25, -0.2) is 4.39 Å². The van der Waals surface area contributed by atoms with Crippen LogP contribution >= 0.6 is 0 Å². The van der Waals surface area contributed by atoms with E-state index in [0.29, 0.717) is 30.8 Å². The van der Waals surface area contributed by atoms with E-state index in [2.05, 4.69) is 5.32 Å². The molecule has 2 atom stereocenters. The van der Waals surface area contributed by atoms with Crippen LogP contribution in [0.25, 0.3) is 0 Å². The molecule has 0 spiro atoms.